The van der Waals surface area contributed by atoms with E-state index in [1.54, 1.807) is 7.11 Å². The molecule has 2 aromatic carbocycles. The molecule has 0 saturated heterocycles. The Bertz CT molecular complexity index is 536. The highest BCUT2D eigenvalue weighted by Crippen LogP contribution is 2.18. The Labute approximate surface area is 115 Å². The summed E-state index contributed by atoms with van der Waals surface area (Å²) in [6, 6.07) is 17.0. The van der Waals surface area contributed by atoms with Crippen LogP contribution in [0.15, 0.2) is 48.5 Å². The third kappa shape index (κ3) is 3.58. The van der Waals surface area contributed by atoms with Crippen LogP contribution in [-0.4, -0.2) is 7.11 Å². The maximum atomic E-state index is 5.24. The number of nitrogens with one attached hydrogen (secondary N) is 1. The van der Waals surface area contributed by atoms with Gasteiger partial charge in [0, 0.05) is 12.6 Å². The third-order valence-corrected chi connectivity index (χ3v) is 3.40. The molecule has 0 radical (unpaired) electrons. The van der Waals surface area contributed by atoms with E-state index in [-0.39, 0.29) is 0 Å². The zero-order valence-electron chi connectivity index (χ0n) is 11.8. The number of ether oxygens (including phenoxy) is 1. The van der Waals surface area contributed by atoms with Crippen LogP contribution in [0, 0.1) is 6.92 Å². The highest BCUT2D eigenvalue weighted by Gasteiger charge is 2.07. The number of rotatable bonds is 5. The molecule has 1 atom stereocenters. The average molecular weight is 255 g/mol. The van der Waals surface area contributed by atoms with Crippen molar-refractivity contribution in [1.82, 2.24) is 5.32 Å². The van der Waals surface area contributed by atoms with E-state index < -0.39 is 0 Å². The molecule has 0 fully saturated rings. The summed E-state index contributed by atoms with van der Waals surface area (Å²) in [6.45, 7) is 5.19. The van der Waals surface area contributed by atoms with Crippen molar-refractivity contribution < 1.29 is 4.74 Å². The van der Waals surface area contributed by atoms with Gasteiger partial charge >= 0.3 is 0 Å². The molecule has 0 heterocycles. The van der Waals surface area contributed by atoms with Crippen molar-refractivity contribution in [2.75, 3.05) is 7.11 Å². The van der Waals surface area contributed by atoms with Crippen molar-refractivity contribution in [3.05, 3.63) is 65.2 Å². The van der Waals surface area contributed by atoms with E-state index >= 15 is 0 Å². The lowest BCUT2D eigenvalue weighted by Gasteiger charge is -2.16. The van der Waals surface area contributed by atoms with Crippen LogP contribution in [0.3, 0.4) is 0 Å². The van der Waals surface area contributed by atoms with E-state index in [0.717, 1.165) is 12.3 Å². The molecule has 0 aliphatic rings. The molecule has 2 aromatic rings. The van der Waals surface area contributed by atoms with E-state index in [9.17, 15) is 0 Å². The predicted molar refractivity (Wildman–Crippen MR) is 79.4 cm³/mol. The molecule has 0 aliphatic carbocycles. The zero-order valence-corrected chi connectivity index (χ0v) is 11.8. The van der Waals surface area contributed by atoms with Crippen molar-refractivity contribution in [1.29, 1.82) is 0 Å². The standard InChI is InChI=1S/C17H21NO/c1-13-7-4-5-10-17(13)14(2)18-12-15-8-6-9-16(11-15)19-3/h4-11,14,18H,12H2,1-3H3/t14-/m1/s1. The molecule has 1 N–H and O–H groups in total. The van der Waals surface area contributed by atoms with Crippen LogP contribution in [0.2, 0.25) is 0 Å². The van der Waals surface area contributed by atoms with E-state index in [4.69, 9.17) is 4.74 Å². The minimum absolute atomic E-state index is 0.340. The van der Waals surface area contributed by atoms with Gasteiger partial charge in [-0.15, -0.1) is 0 Å². The Kier molecular flexibility index (Phi) is 4.58. The first-order chi connectivity index (χ1) is 9.20. The average Bonchev–Trinajstić information content (AvgIpc) is 2.45. The van der Waals surface area contributed by atoms with Gasteiger partial charge in [-0.05, 0) is 42.7 Å². The number of benzene rings is 2. The summed E-state index contributed by atoms with van der Waals surface area (Å²) in [7, 11) is 1.70. The summed E-state index contributed by atoms with van der Waals surface area (Å²) < 4.78 is 5.24. The topological polar surface area (TPSA) is 21.3 Å². The maximum absolute atomic E-state index is 5.24. The fourth-order valence-corrected chi connectivity index (χ4v) is 2.24. The van der Waals surface area contributed by atoms with Crippen LogP contribution in [0.5, 0.6) is 5.75 Å². The number of aryl methyl sites for hydroxylation is 1. The zero-order chi connectivity index (χ0) is 13.7. The highest BCUT2D eigenvalue weighted by atomic mass is 16.5. The quantitative estimate of drug-likeness (QED) is 0.876. The monoisotopic (exact) mass is 255 g/mol. The molecule has 0 aromatic heterocycles. The second-order valence-corrected chi connectivity index (χ2v) is 4.81. The van der Waals surface area contributed by atoms with Gasteiger partial charge in [-0.2, -0.15) is 0 Å². The summed E-state index contributed by atoms with van der Waals surface area (Å²) in [6.07, 6.45) is 0. The van der Waals surface area contributed by atoms with Crippen molar-refractivity contribution in [2.24, 2.45) is 0 Å². The Balaban J connectivity index is 2.00. The lowest BCUT2D eigenvalue weighted by atomic mass is 10.0. The van der Waals surface area contributed by atoms with Gasteiger partial charge in [-0.3, -0.25) is 0 Å². The van der Waals surface area contributed by atoms with E-state index in [1.807, 2.05) is 12.1 Å². The second-order valence-electron chi connectivity index (χ2n) is 4.81. The first-order valence-electron chi connectivity index (χ1n) is 6.62. The fourth-order valence-electron chi connectivity index (χ4n) is 2.24. The molecule has 2 rings (SSSR count). The molecular formula is C17H21NO. The molecule has 0 saturated carbocycles. The third-order valence-electron chi connectivity index (χ3n) is 3.40. The number of hydrogen-bond acceptors (Lipinski definition) is 2. The SMILES string of the molecule is COc1cccc(CN[C@H](C)c2ccccc2C)c1. The lowest BCUT2D eigenvalue weighted by Crippen LogP contribution is -2.18. The van der Waals surface area contributed by atoms with Gasteiger partial charge in [-0.1, -0.05) is 36.4 Å². The van der Waals surface area contributed by atoms with Crippen molar-refractivity contribution in [3.63, 3.8) is 0 Å². The minimum Gasteiger partial charge on any atom is -0.497 e. The van der Waals surface area contributed by atoms with Gasteiger partial charge in [0.1, 0.15) is 5.75 Å². The Morgan fingerprint density at radius 2 is 1.89 bits per heavy atom. The van der Waals surface area contributed by atoms with Gasteiger partial charge in [0.25, 0.3) is 0 Å². The minimum atomic E-state index is 0.340. The largest absolute Gasteiger partial charge is 0.497 e. The molecule has 2 nitrogen and oxygen atoms in total. The fraction of sp³-hybridized carbons (Fsp3) is 0.294. The van der Waals surface area contributed by atoms with Crippen LogP contribution in [0.1, 0.15) is 29.7 Å². The summed E-state index contributed by atoms with van der Waals surface area (Å²) in [5, 5.41) is 3.55. The Hall–Kier alpha value is -1.80. The van der Waals surface area contributed by atoms with Crippen LogP contribution in [-0.2, 0) is 6.54 Å². The molecule has 0 aliphatic heterocycles. The number of methoxy groups -OCH3 is 1. The molecule has 2 heteroatoms. The van der Waals surface area contributed by atoms with Gasteiger partial charge < -0.3 is 10.1 Å². The maximum Gasteiger partial charge on any atom is 0.119 e. The summed E-state index contributed by atoms with van der Waals surface area (Å²) >= 11 is 0. The normalized spacial score (nSPS) is 12.2. The summed E-state index contributed by atoms with van der Waals surface area (Å²) in [5.41, 5.74) is 3.92. The summed E-state index contributed by atoms with van der Waals surface area (Å²) in [5.74, 6) is 0.905. The molecule has 19 heavy (non-hydrogen) atoms. The highest BCUT2D eigenvalue weighted by molar-refractivity contribution is 5.30. The molecule has 0 bridgehead atoms. The van der Waals surface area contributed by atoms with Gasteiger partial charge in [0.15, 0.2) is 0 Å². The number of hydrogen-bond donors (Lipinski definition) is 1. The van der Waals surface area contributed by atoms with Gasteiger partial charge in [-0.25, -0.2) is 0 Å². The van der Waals surface area contributed by atoms with E-state index in [1.165, 1.54) is 16.7 Å². The summed E-state index contributed by atoms with van der Waals surface area (Å²) in [4.78, 5) is 0. The van der Waals surface area contributed by atoms with Crippen LogP contribution < -0.4 is 10.1 Å². The molecule has 0 spiro atoms. The lowest BCUT2D eigenvalue weighted by molar-refractivity contribution is 0.414. The van der Waals surface area contributed by atoms with Gasteiger partial charge in [0.2, 0.25) is 0 Å². The predicted octanol–water partition coefficient (Wildman–Crippen LogP) is 3.85. The Morgan fingerprint density at radius 3 is 2.63 bits per heavy atom. The first-order valence-corrected chi connectivity index (χ1v) is 6.62. The molecule has 0 amide bonds. The molecule has 100 valence electrons. The van der Waals surface area contributed by atoms with Crippen molar-refractivity contribution >= 4 is 0 Å². The Morgan fingerprint density at radius 1 is 1.11 bits per heavy atom. The first kappa shape index (κ1) is 13.6. The van der Waals surface area contributed by atoms with Crippen LogP contribution in [0.25, 0.3) is 0 Å². The van der Waals surface area contributed by atoms with Crippen molar-refractivity contribution in [3.8, 4) is 5.75 Å². The van der Waals surface area contributed by atoms with E-state index in [0.29, 0.717) is 6.04 Å². The van der Waals surface area contributed by atoms with Crippen molar-refractivity contribution in [2.45, 2.75) is 26.4 Å². The van der Waals surface area contributed by atoms with Crippen LogP contribution >= 0.6 is 0 Å². The van der Waals surface area contributed by atoms with Crippen LogP contribution in [0.4, 0.5) is 0 Å². The molecule has 0 unspecified atom stereocenters. The molecular weight excluding hydrogens is 234 g/mol. The van der Waals surface area contributed by atoms with Gasteiger partial charge in [0.05, 0.1) is 7.11 Å². The smallest absolute Gasteiger partial charge is 0.119 e. The second kappa shape index (κ2) is 6.39. The van der Waals surface area contributed by atoms with E-state index in [2.05, 4.69) is 55.6 Å².